The molecule has 0 aliphatic heterocycles. The summed E-state index contributed by atoms with van der Waals surface area (Å²) in [5.74, 6) is -0.197. The highest BCUT2D eigenvalue weighted by molar-refractivity contribution is 5.19. The third-order valence-corrected chi connectivity index (χ3v) is 2.86. The number of hydrogen-bond donors (Lipinski definition) is 1. The minimum Gasteiger partial charge on any atom is -0.310 e. The lowest BCUT2D eigenvalue weighted by Crippen LogP contribution is -2.21. The molecule has 1 aromatic heterocycles. The van der Waals surface area contributed by atoms with Gasteiger partial charge in [0.15, 0.2) is 0 Å². The van der Waals surface area contributed by atoms with Gasteiger partial charge in [0, 0.05) is 18.8 Å². The Morgan fingerprint density at radius 3 is 2.78 bits per heavy atom. The summed E-state index contributed by atoms with van der Waals surface area (Å²) in [6.45, 7) is 3.81. The molecular formula is C13H17FN4. The summed E-state index contributed by atoms with van der Waals surface area (Å²) in [5, 5.41) is 11.0. The second-order valence-corrected chi connectivity index (χ2v) is 4.25. The first kappa shape index (κ1) is 12.7. The van der Waals surface area contributed by atoms with Crippen molar-refractivity contribution < 1.29 is 4.39 Å². The summed E-state index contributed by atoms with van der Waals surface area (Å²) in [4.78, 5) is 0. The average molecular weight is 248 g/mol. The van der Waals surface area contributed by atoms with E-state index in [1.54, 1.807) is 6.20 Å². The van der Waals surface area contributed by atoms with Gasteiger partial charge in [0.2, 0.25) is 0 Å². The van der Waals surface area contributed by atoms with Crippen LogP contribution in [0.3, 0.4) is 0 Å². The maximum absolute atomic E-state index is 12.8. The molecule has 1 aromatic carbocycles. The van der Waals surface area contributed by atoms with Crippen LogP contribution in [-0.4, -0.2) is 21.5 Å². The van der Waals surface area contributed by atoms with E-state index in [-0.39, 0.29) is 11.9 Å². The Labute approximate surface area is 106 Å². The fraction of sp³-hybridized carbons (Fsp3) is 0.385. The van der Waals surface area contributed by atoms with E-state index in [9.17, 15) is 4.39 Å². The van der Waals surface area contributed by atoms with Crippen molar-refractivity contribution in [3.63, 3.8) is 0 Å². The molecule has 1 unspecified atom stereocenters. The van der Waals surface area contributed by atoms with Gasteiger partial charge in [-0.15, -0.1) is 5.10 Å². The van der Waals surface area contributed by atoms with Crippen molar-refractivity contribution in [1.82, 2.24) is 20.3 Å². The van der Waals surface area contributed by atoms with Gasteiger partial charge in [-0.3, -0.25) is 4.68 Å². The van der Waals surface area contributed by atoms with Crippen molar-refractivity contribution in [2.45, 2.75) is 25.9 Å². The van der Waals surface area contributed by atoms with E-state index in [0.717, 1.165) is 25.1 Å². The van der Waals surface area contributed by atoms with Crippen LogP contribution in [0.15, 0.2) is 36.7 Å². The third kappa shape index (κ3) is 3.63. The summed E-state index contributed by atoms with van der Waals surface area (Å²) in [7, 11) is 0. The number of benzene rings is 1. The topological polar surface area (TPSA) is 42.7 Å². The van der Waals surface area contributed by atoms with Crippen LogP contribution in [0.5, 0.6) is 0 Å². The number of hydrogen-bond acceptors (Lipinski definition) is 3. The molecule has 0 bridgehead atoms. The molecule has 0 amide bonds. The van der Waals surface area contributed by atoms with Crippen LogP contribution in [0.4, 0.5) is 4.39 Å². The quantitative estimate of drug-likeness (QED) is 0.797. The van der Waals surface area contributed by atoms with Gasteiger partial charge in [-0.25, -0.2) is 4.39 Å². The molecule has 2 aromatic rings. The lowest BCUT2D eigenvalue weighted by Gasteiger charge is -2.14. The monoisotopic (exact) mass is 248 g/mol. The third-order valence-electron chi connectivity index (χ3n) is 2.86. The molecule has 0 spiro atoms. The van der Waals surface area contributed by atoms with E-state index < -0.39 is 0 Å². The smallest absolute Gasteiger partial charge is 0.123 e. The Morgan fingerprint density at radius 2 is 2.11 bits per heavy atom. The Hall–Kier alpha value is -1.75. The van der Waals surface area contributed by atoms with Crippen LogP contribution < -0.4 is 5.32 Å². The Bertz CT molecular complexity index is 452. The molecule has 2 rings (SSSR count). The molecule has 1 heterocycles. The van der Waals surface area contributed by atoms with Crippen molar-refractivity contribution in [2.75, 3.05) is 6.54 Å². The molecular weight excluding hydrogens is 231 g/mol. The molecule has 0 saturated carbocycles. The van der Waals surface area contributed by atoms with Gasteiger partial charge in [0.25, 0.3) is 0 Å². The zero-order chi connectivity index (χ0) is 12.8. The van der Waals surface area contributed by atoms with Crippen LogP contribution in [0, 0.1) is 5.82 Å². The number of aromatic nitrogens is 3. The van der Waals surface area contributed by atoms with Gasteiger partial charge in [0.1, 0.15) is 5.82 Å². The van der Waals surface area contributed by atoms with E-state index in [2.05, 4.69) is 22.6 Å². The largest absolute Gasteiger partial charge is 0.310 e. The maximum atomic E-state index is 12.8. The van der Waals surface area contributed by atoms with Crippen LogP contribution >= 0.6 is 0 Å². The zero-order valence-electron chi connectivity index (χ0n) is 10.4. The van der Waals surface area contributed by atoms with E-state index in [4.69, 9.17) is 0 Å². The van der Waals surface area contributed by atoms with Crippen LogP contribution in [-0.2, 0) is 6.54 Å². The first-order valence-corrected chi connectivity index (χ1v) is 6.08. The van der Waals surface area contributed by atoms with E-state index in [0.29, 0.717) is 0 Å². The fourth-order valence-corrected chi connectivity index (χ4v) is 1.78. The van der Waals surface area contributed by atoms with E-state index >= 15 is 0 Å². The molecule has 96 valence electrons. The summed E-state index contributed by atoms with van der Waals surface area (Å²) in [5.41, 5.74) is 1.09. The van der Waals surface area contributed by atoms with Crippen LogP contribution in [0.2, 0.25) is 0 Å². The van der Waals surface area contributed by atoms with E-state index in [1.165, 1.54) is 12.1 Å². The fourth-order valence-electron chi connectivity index (χ4n) is 1.78. The van der Waals surface area contributed by atoms with Gasteiger partial charge in [-0.2, -0.15) is 0 Å². The van der Waals surface area contributed by atoms with Crippen molar-refractivity contribution in [3.05, 3.63) is 48.0 Å². The van der Waals surface area contributed by atoms with Gasteiger partial charge < -0.3 is 5.32 Å². The van der Waals surface area contributed by atoms with Crippen molar-refractivity contribution in [1.29, 1.82) is 0 Å². The van der Waals surface area contributed by atoms with Crippen LogP contribution in [0.1, 0.15) is 24.9 Å². The Kier molecular flexibility index (Phi) is 4.41. The van der Waals surface area contributed by atoms with E-state index in [1.807, 2.05) is 23.0 Å². The summed E-state index contributed by atoms with van der Waals surface area (Å²) in [6.07, 6.45) is 4.51. The molecule has 0 saturated heterocycles. The van der Waals surface area contributed by atoms with Crippen LogP contribution in [0.25, 0.3) is 0 Å². The molecule has 5 heteroatoms. The summed E-state index contributed by atoms with van der Waals surface area (Å²) in [6, 6.07) is 6.82. The highest BCUT2D eigenvalue weighted by Crippen LogP contribution is 2.12. The number of rotatable bonds is 6. The standard InChI is InChI=1S/C13H17FN4/c1-11(12-3-5-13(14)6-4-12)15-7-2-9-18-10-8-16-17-18/h3-6,8,10-11,15H,2,7,9H2,1H3. The predicted molar refractivity (Wildman–Crippen MR) is 67.5 cm³/mol. The second kappa shape index (κ2) is 6.26. The molecule has 0 aliphatic carbocycles. The van der Waals surface area contributed by atoms with Gasteiger partial charge in [-0.1, -0.05) is 17.3 Å². The number of halogens is 1. The highest BCUT2D eigenvalue weighted by Gasteiger charge is 2.04. The van der Waals surface area contributed by atoms with Gasteiger partial charge in [0.05, 0.1) is 6.20 Å². The molecule has 0 radical (unpaired) electrons. The normalized spacial score (nSPS) is 12.6. The lowest BCUT2D eigenvalue weighted by atomic mass is 10.1. The summed E-state index contributed by atoms with van der Waals surface area (Å²) < 4.78 is 14.6. The highest BCUT2D eigenvalue weighted by atomic mass is 19.1. The Balaban J connectivity index is 1.71. The second-order valence-electron chi connectivity index (χ2n) is 4.25. The van der Waals surface area contributed by atoms with Crippen molar-refractivity contribution >= 4 is 0 Å². The molecule has 0 fully saturated rings. The van der Waals surface area contributed by atoms with Gasteiger partial charge in [-0.05, 0) is 37.6 Å². The van der Waals surface area contributed by atoms with Crippen molar-refractivity contribution in [3.8, 4) is 0 Å². The first-order valence-electron chi connectivity index (χ1n) is 6.08. The minimum absolute atomic E-state index is 0.197. The first-order chi connectivity index (χ1) is 8.75. The SMILES string of the molecule is CC(NCCCn1ccnn1)c1ccc(F)cc1. The number of nitrogens with zero attached hydrogens (tertiary/aromatic N) is 3. The average Bonchev–Trinajstić information content (AvgIpc) is 2.88. The maximum Gasteiger partial charge on any atom is 0.123 e. The molecule has 0 aliphatic rings. The minimum atomic E-state index is -0.197. The molecule has 1 atom stereocenters. The molecule has 1 N–H and O–H groups in total. The lowest BCUT2D eigenvalue weighted by molar-refractivity contribution is 0.499. The summed E-state index contributed by atoms with van der Waals surface area (Å²) >= 11 is 0. The van der Waals surface area contributed by atoms with Gasteiger partial charge >= 0.3 is 0 Å². The zero-order valence-corrected chi connectivity index (χ0v) is 10.4. The van der Waals surface area contributed by atoms with Crippen molar-refractivity contribution in [2.24, 2.45) is 0 Å². The molecule has 18 heavy (non-hydrogen) atoms. The number of aryl methyl sites for hydroxylation is 1. The predicted octanol–water partition coefficient (Wildman–Crippen LogP) is 2.16. The number of nitrogens with one attached hydrogen (secondary N) is 1. The Morgan fingerprint density at radius 1 is 1.33 bits per heavy atom. The molecule has 4 nitrogen and oxygen atoms in total.